The van der Waals surface area contributed by atoms with E-state index in [1.807, 2.05) is 12.1 Å². The predicted octanol–water partition coefficient (Wildman–Crippen LogP) is 4.93. The molecule has 19 heavy (non-hydrogen) atoms. The van der Waals surface area contributed by atoms with Crippen LogP contribution in [0.1, 0.15) is 26.3 Å². The van der Waals surface area contributed by atoms with E-state index in [1.54, 1.807) is 29.2 Å². The molecule has 0 saturated heterocycles. The maximum Gasteiger partial charge on any atom is 0.123 e. The van der Waals surface area contributed by atoms with Gasteiger partial charge in [-0.2, -0.15) is 0 Å². The van der Waals surface area contributed by atoms with E-state index in [0.717, 1.165) is 10.5 Å². The molecule has 0 aliphatic heterocycles. The quantitative estimate of drug-likeness (QED) is 0.858. The van der Waals surface area contributed by atoms with Gasteiger partial charge in [-0.25, -0.2) is 4.39 Å². The summed E-state index contributed by atoms with van der Waals surface area (Å²) >= 11 is 3.40. The summed E-state index contributed by atoms with van der Waals surface area (Å²) in [4.78, 5) is 1.11. The van der Waals surface area contributed by atoms with Gasteiger partial charge in [0.1, 0.15) is 5.82 Å². The number of benzene rings is 1. The fraction of sp³-hybridized carbons (Fsp3) is 0.333. The van der Waals surface area contributed by atoms with Gasteiger partial charge >= 0.3 is 0 Å². The van der Waals surface area contributed by atoms with Crippen molar-refractivity contribution in [3.05, 3.63) is 47.1 Å². The Balaban J connectivity index is 2.18. The summed E-state index contributed by atoms with van der Waals surface area (Å²) in [7, 11) is 0. The first-order valence-corrected chi connectivity index (χ1v) is 7.88. The van der Waals surface area contributed by atoms with Crippen LogP contribution in [0.3, 0.4) is 0 Å². The molecule has 0 unspecified atom stereocenters. The molecule has 2 rings (SSSR count). The van der Waals surface area contributed by atoms with Crippen LogP contribution in [0.25, 0.3) is 0 Å². The molecule has 0 aliphatic rings. The zero-order valence-electron chi connectivity index (χ0n) is 11.4. The number of halogens is 1. The molecule has 1 aromatic carbocycles. The van der Waals surface area contributed by atoms with Crippen molar-refractivity contribution < 1.29 is 4.39 Å². The lowest BCUT2D eigenvalue weighted by molar-refractivity contribution is 0.422. The summed E-state index contributed by atoms with van der Waals surface area (Å²) in [5, 5.41) is 5.46. The smallest absolute Gasteiger partial charge is 0.123 e. The van der Waals surface area contributed by atoms with Gasteiger partial charge in [-0.15, -0.1) is 11.3 Å². The topological polar surface area (TPSA) is 12.0 Å². The number of thiophene rings is 1. The second kappa shape index (κ2) is 6.07. The predicted molar refractivity (Wildman–Crippen MR) is 81.4 cm³/mol. The van der Waals surface area contributed by atoms with E-state index in [2.05, 4.69) is 37.5 Å². The lowest BCUT2D eigenvalue weighted by Gasteiger charge is -2.21. The van der Waals surface area contributed by atoms with Crippen LogP contribution in [0.2, 0.25) is 0 Å². The first-order valence-electron chi connectivity index (χ1n) is 6.19. The maximum atomic E-state index is 13.4. The Kier molecular flexibility index (Phi) is 4.66. The van der Waals surface area contributed by atoms with Crippen LogP contribution >= 0.6 is 23.1 Å². The third kappa shape index (κ3) is 4.64. The highest BCUT2D eigenvalue weighted by Gasteiger charge is 2.12. The highest BCUT2D eigenvalue weighted by Crippen LogP contribution is 2.33. The number of hydrogen-bond donors (Lipinski definition) is 1. The maximum absolute atomic E-state index is 13.4. The number of rotatable bonds is 4. The van der Waals surface area contributed by atoms with Crippen molar-refractivity contribution in [2.75, 3.05) is 0 Å². The molecule has 0 radical (unpaired) electrons. The van der Waals surface area contributed by atoms with Gasteiger partial charge in [-0.1, -0.05) is 17.8 Å². The molecule has 1 N–H and O–H groups in total. The molecule has 2 aromatic rings. The van der Waals surface area contributed by atoms with Gasteiger partial charge in [0, 0.05) is 17.0 Å². The van der Waals surface area contributed by atoms with Gasteiger partial charge in [-0.3, -0.25) is 0 Å². The molecule has 0 atom stereocenters. The standard InChI is InChI=1S/C15H18FNS2/c1-15(2,3)17-10-11-9-12(16)6-7-13(11)19-14-5-4-8-18-14/h4-9,17H,10H2,1-3H3. The minimum atomic E-state index is -0.179. The fourth-order valence-electron chi connectivity index (χ4n) is 1.58. The lowest BCUT2D eigenvalue weighted by Crippen LogP contribution is -2.35. The first kappa shape index (κ1) is 14.6. The summed E-state index contributed by atoms with van der Waals surface area (Å²) < 4.78 is 14.6. The summed E-state index contributed by atoms with van der Waals surface area (Å²) in [6.45, 7) is 7.00. The third-order valence-corrected chi connectivity index (χ3v) is 4.69. The molecule has 1 nitrogen and oxygen atoms in total. The Hall–Kier alpha value is -0.840. The van der Waals surface area contributed by atoms with Gasteiger partial charge in [0.25, 0.3) is 0 Å². The molecule has 0 spiro atoms. The van der Waals surface area contributed by atoms with Crippen molar-refractivity contribution in [1.29, 1.82) is 0 Å². The SMILES string of the molecule is CC(C)(C)NCc1cc(F)ccc1Sc1cccs1. The first-order chi connectivity index (χ1) is 8.94. The molecular formula is C15H18FNS2. The van der Waals surface area contributed by atoms with Crippen LogP contribution in [-0.4, -0.2) is 5.54 Å². The zero-order chi connectivity index (χ0) is 13.9. The Morgan fingerprint density at radius 3 is 2.68 bits per heavy atom. The Labute approximate surface area is 122 Å². The molecule has 4 heteroatoms. The van der Waals surface area contributed by atoms with E-state index >= 15 is 0 Å². The summed E-state index contributed by atoms with van der Waals surface area (Å²) in [5.41, 5.74) is 1.03. The van der Waals surface area contributed by atoms with Crippen molar-refractivity contribution in [3.63, 3.8) is 0 Å². The minimum absolute atomic E-state index is 0.0250. The van der Waals surface area contributed by atoms with Crippen molar-refractivity contribution in [2.24, 2.45) is 0 Å². The van der Waals surface area contributed by atoms with E-state index < -0.39 is 0 Å². The second-order valence-corrected chi connectivity index (χ2v) is 7.68. The van der Waals surface area contributed by atoms with Gasteiger partial charge in [0.05, 0.1) is 4.21 Å². The van der Waals surface area contributed by atoms with Crippen LogP contribution in [0, 0.1) is 5.82 Å². The third-order valence-electron chi connectivity index (χ3n) is 2.54. The summed E-state index contributed by atoms with van der Waals surface area (Å²) in [6, 6.07) is 9.12. The average Bonchev–Trinajstić information content (AvgIpc) is 2.81. The van der Waals surface area contributed by atoms with Crippen LogP contribution in [0.5, 0.6) is 0 Å². The molecule has 0 fully saturated rings. The molecular weight excluding hydrogens is 277 g/mol. The van der Waals surface area contributed by atoms with E-state index in [9.17, 15) is 4.39 Å². The van der Waals surface area contributed by atoms with Gasteiger partial charge in [0.15, 0.2) is 0 Å². The van der Waals surface area contributed by atoms with Gasteiger partial charge < -0.3 is 5.32 Å². The van der Waals surface area contributed by atoms with E-state index in [0.29, 0.717) is 6.54 Å². The molecule has 0 aliphatic carbocycles. The van der Waals surface area contributed by atoms with Crippen LogP contribution in [-0.2, 0) is 6.54 Å². The van der Waals surface area contributed by atoms with Gasteiger partial charge in [0.2, 0.25) is 0 Å². The lowest BCUT2D eigenvalue weighted by atomic mass is 10.1. The monoisotopic (exact) mass is 295 g/mol. The number of hydrogen-bond acceptors (Lipinski definition) is 3. The normalized spacial score (nSPS) is 11.8. The largest absolute Gasteiger partial charge is 0.308 e. The molecule has 0 bridgehead atoms. The Morgan fingerprint density at radius 1 is 1.26 bits per heavy atom. The van der Waals surface area contributed by atoms with E-state index in [1.165, 1.54) is 10.3 Å². The van der Waals surface area contributed by atoms with Crippen LogP contribution < -0.4 is 5.32 Å². The summed E-state index contributed by atoms with van der Waals surface area (Å²) in [5.74, 6) is -0.179. The molecule has 1 heterocycles. The average molecular weight is 295 g/mol. The molecule has 0 amide bonds. The highest BCUT2D eigenvalue weighted by molar-refractivity contribution is 8.01. The fourth-order valence-corrected chi connectivity index (χ4v) is 3.41. The van der Waals surface area contributed by atoms with Crippen molar-refractivity contribution in [1.82, 2.24) is 5.32 Å². The van der Waals surface area contributed by atoms with Crippen molar-refractivity contribution in [3.8, 4) is 0 Å². The van der Waals surface area contributed by atoms with Gasteiger partial charge in [-0.05, 0) is 56.0 Å². The summed E-state index contributed by atoms with van der Waals surface area (Å²) in [6.07, 6.45) is 0. The van der Waals surface area contributed by atoms with E-state index in [4.69, 9.17) is 0 Å². The molecule has 0 saturated carbocycles. The zero-order valence-corrected chi connectivity index (χ0v) is 13.0. The second-order valence-electron chi connectivity index (χ2n) is 5.39. The van der Waals surface area contributed by atoms with Crippen LogP contribution in [0.4, 0.5) is 4.39 Å². The van der Waals surface area contributed by atoms with E-state index in [-0.39, 0.29) is 11.4 Å². The molecule has 1 aromatic heterocycles. The Morgan fingerprint density at radius 2 is 2.05 bits per heavy atom. The number of nitrogens with one attached hydrogen (secondary N) is 1. The van der Waals surface area contributed by atoms with Crippen LogP contribution in [0.15, 0.2) is 44.8 Å². The van der Waals surface area contributed by atoms with Crippen molar-refractivity contribution >= 4 is 23.1 Å². The minimum Gasteiger partial charge on any atom is -0.308 e. The highest BCUT2D eigenvalue weighted by atomic mass is 32.2. The molecule has 102 valence electrons. The Bertz CT molecular complexity index is 530. The van der Waals surface area contributed by atoms with Crippen molar-refractivity contribution in [2.45, 2.75) is 42.0 Å².